The largest absolute Gasteiger partial charge is 0.367 e. The minimum Gasteiger partial charge on any atom is -0.367 e. The average molecular weight is 268 g/mol. The van der Waals surface area contributed by atoms with Crippen molar-refractivity contribution in [3.05, 3.63) is 11.7 Å². The lowest BCUT2D eigenvalue weighted by molar-refractivity contribution is -0.0334. The van der Waals surface area contributed by atoms with Gasteiger partial charge < -0.3 is 14.6 Å². The van der Waals surface area contributed by atoms with E-state index < -0.39 is 0 Å². The van der Waals surface area contributed by atoms with Crippen LogP contribution in [0.25, 0.3) is 0 Å². The van der Waals surface area contributed by atoms with Crippen molar-refractivity contribution in [2.45, 2.75) is 33.4 Å². The summed E-state index contributed by atoms with van der Waals surface area (Å²) in [6.07, 6.45) is -0.0590. The van der Waals surface area contributed by atoms with Crippen molar-refractivity contribution < 1.29 is 9.26 Å². The van der Waals surface area contributed by atoms with Gasteiger partial charge in [0, 0.05) is 13.1 Å². The predicted octanol–water partition coefficient (Wildman–Crippen LogP) is 1.21. The lowest BCUT2D eigenvalue weighted by Crippen LogP contribution is -2.38. The topological polar surface area (TPSA) is 63.4 Å². The van der Waals surface area contributed by atoms with Crippen LogP contribution in [0.2, 0.25) is 0 Å². The number of ether oxygens (including phenoxy) is 1. The quantitative estimate of drug-likeness (QED) is 0.836. The van der Waals surface area contributed by atoms with Crippen molar-refractivity contribution in [1.29, 1.82) is 0 Å². The summed E-state index contributed by atoms with van der Waals surface area (Å²) in [6.45, 7) is 11.6. The molecular weight excluding hydrogens is 244 g/mol. The van der Waals surface area contributed by atoms with Crippen molar-refractivity contribution in [2.75, 3.05) is 32.8 Å². The van der Waals surface area contributed by atoms with Crippen LogP contribution in [0.3, 0.4) is 0 Å². The van der Waals surface area contributed by atoms with Crippen molar-refractivity contribution in [3.63, 3.8) is 0 Å². The van der Waals surface area contributed by atoms with Gasteiger partial charge in [0.15, 0.2) is 0 Å². The number of rotatable bonds is 6. The first kappa shape index (κ1) is 14.4. The molecule has 1 N–H and O–H groups in total. The molecule has 1 aliphatic rings. The first-order valence-electron chi connectivity index (χ1n) is 7.06. The van der Waals surface area contributed by atoms with Gasteiger partial charge in [-0.2, -0.15) is 4.98 Å². The van der Waals surface area contributed by atoms with Crippen molar-refractivity contribution in [1.82, 2.24) is 20.4 Å². The maximum absolute atomic E-state index is 5.71. The fraction of sp³-hybridized carbons (Fsp3) is 0.846. The van der Waals surface area contributed by atoms with Gasteiger partial charge in [0.25, 0.3) is 0 Å². The van der Waals surface area contributed by atoms with Crippen molar-refractivity contribution in [3.8, 4) is 0 Å². The standard InChI is InChI=1S/C13H24N4O2/c1-4-17-5-6-18-11(9-17)13-15-12(19-16-13)8-14-7-10(2)3/h10-11,14H,4-9H2,1-3H3. The van der Waals surface area contributed by atoms with E-state index in [2.05, 4.69) is 41.1 Å². The molecule has 1 saturated heterocycles. The molecule has 19 heavy (non-hydrogen) atoms. The molecule has 0 radical (unpaired) electrons. The Morgan fingerprint density at radius 2 is 2.32 bits per heavy atom. The molecule has 2 rings (SSSR count). The van der Waals surface area contributed by atoms with Crippen LogP contribution in [0.5, 0.6) is 0 Å². The van der Waals surface area contributed by atoms with Gasteiger partial charge in [-0.1, -0.05) is 25.9 Å². The van der Waals surface area contributed by atoms with Crippen LogP contribution in [0.15, 0.2) is 4.52 Å². The Labute approximate surface area is 114 Å². The molecule has 0 spiro atoms. The van der Waals surface area contributed by atoms with Crippen LogP contribution < -0.4 is 5.32 Å². The molecule has 1 aliphatic heterocycles. The SMILES string of the molecule is CCN1CCOC(c2noc(CNCC(C)C)n2)C1. The zero-order chi connectivity index (χ0) is 13.7. The molecule has 1 fully saturated rings. The highest BCUT2D eigenvalue weighted by molar-refractivity contribution is 4.94. The molecule has 0 aromatic carbocycles. The molecule has 6 nitrogen and oxygen atoms in total. The Morgan fingerprint density at radius 3 is 3.05 bits per heavy atom. The maximum atomic E-state index is 5.71. The number of hydrogen-bond donors (Lipinski definition) is 1. The molecular formula is C13H24N4O2. The minimum atomic E-state index is -0.0590. The lowest BCUT2D eigenvalue weighted by Gasteiger charge is -2.30. The predicted molar refractivity (Wildman–Crippen MR) is 71.6 cm³/mol. The smallest absolute Gasteiger partial charge is 0.240 e. The molecule has 1 unspecified atom stereocenters. The molecule has 1 atom stereocenters. The molecule has 1 aromatic rings. The zero-order valence-corrected chi connectivity index (χ0v) is 12.1. The highest BCUT2D eigenvalue weighted by Crippen LogP contribution is 2.19. The molecule has 0 aliphatic carbocycles. The van der Waals surface area contributed by atoms with Gasteiger partial charge in [-0.25, -0.2) is 0 Å². The second kappa shape index (κ2) is 6.98. The fourth-order valence-electron chi connectivity index (χ4n) is 2.08. The summed E-state index contributed by atoms with van der Waals surface area (Å²) >= 11 is 0. The van der Waals surface area contributed by atoms with Crippen LogP contribution in [0.4, 0.5) is 0 Å². The third-order valence-electron chi connectivity index (χ3n) is 3.20. The Morgan fingerprint density at radius 1 is 1.47 bits per heavy atom. The normalized spacial score (nSPS) is 21.2. The zero-order valence-electron chi connectivity index (χ0n) is 12.1. The monoisotopic (exact) mass is 268 g/mol. The van der Waals surface area contributed by atoms with E-state index in [0.29, 0.717) is 24.2 Å². The highest BCUT2D eigenvalue weighted by Gasteiger charge is 2.25. The molecule has 0 bridgehead atoms. The van der Waals surface area contributed by atoms with Crippen LogP contribution in [0, 0.1) is 5.92 Å². The Kier molecular flexibility index (Phi) is 5.30. The Bertz CT molecular complexity index is 380. The summed E-state index contributed by atoms with van der Waals surface area (Å²) in [6, 6.07) is 0. The van der Waals surface area contributed by atoms with Gasteiger partial charge in [0.05, 0.1) is 13.2 Å². The molecule has 108 valence electrons. The van der Waals surface area contributed by atoms with E-state index in [1.54, 1.807) is 0 Å². The Hall–Kier alpha value is -0.980. The third-order valence-corrected chi connectivity index (χ3v) is 3.20. The number of nitrogens with one attached hydrogen (secondary N) is 1. The minimum absolute atomic E-state index is 0.0590. The molecule has 1 aromatic heterocycles. The second-order valence-electron chi connectivity index (χ2n) is 5.32. The molecule has 0 amide bonds. The number of nitrogens with zero attached hydrogens (tertiary/aromatic N) is 3. The summed E-state index contributed by atoms with van der Waals surface area (Å²) in [5, 5.41) is 7.32. The number of likely N-dealkylation sites (N-methyl/N-ethyl adjacent to an activating group) is 1. The van der Waals surface area contributed by atoms with Gasteiger partial charge in [0.1, 0.15) is 6.10 Å². The average Bonchev–Trinajstić information content (AvgIpc) is 2.87. The van der Waals surface area contributed by atoms with Crippen LogP contribution in [0.1, 0.15) is 38.6 Å². The second-order valence-corrected chi connectivity index (χ2v) is 5.32. The number of aromatic nitrogens is 2. The summed E-state index contributed by atoms with van der Waals surface area (Å²) in [7, 11) is 0. The third kappa shape index (κ3) is 4.26. The first-order chi connectivity index (χ1) is 9.19. The van der Waals surface area contributed by atoms with Gasteiger partial charge >= 0.3 is 0 Å². The summed E-state index contributed by atoms with van der Waals surface area (Å²) < 4.78 is 11.0. The van der Waals surface area contributed by atoms with Gasteiger partial charge in [-0.05, 0) is 19.0 Å². The van der Waals surface area contributed by atoms with Crippen molar-refractivity contribution in [2.24, 2.45) is 5.92 Å². The Balaban J connectivity index is 1.85. The van der Waals surface area contributed by atoms with E-state index >= 15 is 0 Å². The first-order valence-corrected chi connectivity index (χ1v) is 7.06. The van der Waals surface area contributed by atoms with Gasteiger partial charge in [0.2, 0.25) is 11.7 Å². The number of morpholine rings is 1. The van der Waals surface area contributed by atoms with E-state index in [1.165, 1.54) is 0 Å². The van der Waals surface area contributed by atoms with E-state index in [1.807, 2.05) is 0 Å². The number of hydrogen-bond acceptors (Lipinski definition) is 6. The van der Waals surface area contributed by atoms with E-state index in [-0.39, 0.29) is 6.10 Å². The van der Waals surface area contributed by atoms with E-state index in [0.717, 1.165) is 32.8 Å². The van der Waals surface area contributed by atoms with Crippen LogP contribution in [-0.4, -0.2) is 47.8 Å². The van der Waals surface area contributed by atoms with Crippen molar-refractivity contribution >= 4 is 0 Å². The lowest BCUT2D eigenvalue weighted by atomic mass is 10.2. The molecule has 0 saturated carbocycles. The van der Waals surface area contributed by atoms with Crippen LogP contribution in [-0.2, 0) is 11.3 Å². The summed E-state index contributed by atoms with van der Waals surface area (Å²) in [5.41, 5.74) is 0. The molecule has 6 heteroatoms. The van der Waals surface area contributed by atoms with Gasteiger partial charge in [-0.3, -0.25) is 4.90 Å². The van der Waals surface area contributed by atoms with Crippen LogP contribution >= 0.6 is 0 Å². The summed E-state index contributed by atoms with van der Waals surface area (Å²) in [5.74, 6) is 1.91. The highest BCUT2D eigenvalue weighted by atomic mass is 16.5. The fourth-order valence-corrected chi connectivity index (χ4v) is 2.08. The van der Waals surface area contributed by atoms with Gasteiger partial charge in [-0.15, -0.1) is 0 Å². The van der Waals surface area contributed by atoms with E-state index in [9.17, 15) is 0 Å². The molecule has 2 heterocycles. The maximum Gasteiger partial charge on any atom is 0.240 e. The van der Waals surface area contributed by atoms with E-state index in [4.69, 9.17) is 9.26 Å². The summed E-state index contributed by atoms with van der Waals surface area (Å²) in [4.78, 5) is 6.74.